The minimum absolute atomic E-state index is 0.0946. The summed E-state index contributed by atoms with van der Waals surface area (Å²) in [5, 5.41) is 6.73. The van der Waals surface area contributed by atoms with Crippen LogP contribution in [0.1, 0.15) is 15.5 Å². The highest BCUT2D eigenvalue weighted by Gasteiger charge is 2.24. The summed E-state index contributed by atoms with van der Waals surface area (Å²) >= 11 is 1.48. The minimum Gasteiger partial charge on any atom is -0.344 e. The number of carbonyl (C=O) groups excluding carboxylic acids is 1. The van der Waals surface area contributed by atoms with Crippen molar-refractivity contribution in [2.45, 2.75) is 6.54 Å². The molecule has 124 valence electrons. The maximum absolute atomic E-state index is 12.7. The fourth-order valence-corrected chi connectivity index (χ4v) is 3.70. The SMILES string of the molecule is O=C(c1ccc(-c2ncc[nH]2)s1)N1CCN(Cc2ncn[nH]2)CC1. The van der Waals surface area contributed by atoms with Crippen molar-refractivity contribution < 1.29 is 4.79 Å². The van der Waals surface area contributed by atoms with Crippen LogP contribution in [0.3, 0.4) is 0 Å². The maximum atomic E-state index is 12.7. The molecule has 1 fully saturated rings. The molecule has 0 bridgehead atoms. The molecule has 0 aliphatic carbocycles. The standard InChI is InChI=1S/C15H17N7OS/c23-15(12-2-1-11(24-12)14-16-3-4-17-14)22-7-5-21(6-8-22)9-13-18-10-19-20-13/h1-4,10H,5-9H2,(H,16,17)(H,18,19,20). The predicted octanol–water partition coefficient (Wildman–Crippen LogP) is 1.21. The van der Waals surface area contributed by atoms with Gasteiger partial charge < -0.3 is 9.88 Å². The molecule has 2 N–H and O–H groups in total. The Morgan fingerprint density at radius 3 is 2.79 bits per heavy atom. The first kappa shape index (κ1) is 15.0. The molecule has 0 spiro atoms. The first-order valence-electron chi connectivity index (χ1n) is 7.75. The summed E-state index contributed by atoms with van der Waals surface area (Å²) in [5.41, 5.74) is 0. The lowest BCUT2D eigenvalue weighted by Gasteiger charge is -2.33. The number of rotatable bonds is 4. The minimum atomic E-state index is 0.0946. The van der Waals surface area contributed by atoms with Gasteiger partial charge in [0.1, 0.15) is 18.0 Å². The van der Waals surface area contributed by atoms with Crippen LogP contribution in [0.15, 0.2) is 30.9 Å². The number of nitrogens with one attached hydrogen (secondary N) is 2. The highest BCUT2D eigenvalue weighted by molar-refractivity contribution is 7.17. The molecular weight excluding hydrogens is 326 g/mol. The van der Waals surface area contributed by atoms with Gasteiger partial charge in [-0.2, -0.15) is 5.10 Å². The summed E-state index contributed by atoms with van der Waals surface area (Å²) in [5.74, 6) is 1.75. The number of aromatic nitrogens is 5. The van der Waals surface area contributed by atoms with Crippen LogP contribution in [-0.4, -0.2) is 67.0 Å². The number of H-pyrrole nitrogens is 2. The van der Waals surface area contributed by atoms with Crippen molar-refractivity contribution in [3.63, 3.8) is 0 Å². The molecule has 4 rings (SSSR count). The molecule has 4 heterocycles. The molecule has 0 saturated carbocycles. The van der Waals surface area contributed by atoms with Crippen LogP contribution in [0, 0.1) is 0 Å². The van der Waals surface area contributed by atoms with Crippen molar-refractivity contribution in [1.29, 1.82) is 0 Å². The van der Waals surface area contributed by atoms with Crippen molar-refractivity contribution in [1.82, 2.24) is 34.9 Å². The average Bonchev–Trinajstić information content (AvgIpc) is 3.36. The van der Waals surface area contributed by atoms with E-state index in [9.17, 15) is 4.79 Å². The van der Waals surface area contributed by atoms with Crippen LogP contribution < -0.4 is 0 Å². The van der Waals surface area contributed by atoms with Crippen LogP contribution >= 0.6 is 11.3 Å². The number of piperazine rings is 1. The number of aromatic amines is 2. The van der Waals surface area contributed by atoms with Crippen molar-refractivity contribution in [3.05, 3.63) is 41.6 Å². The summed E-state index contributed by atoms with van der Waals surface area (Å²) in [4.78, 5) is 30.0. The van der Waals surface area contributed by atoms with Gasteiger partial charge in [0.05, 0.1) is 16.3 Å². The van der Waals surface area contributed by atoms with E-state index in [4.69, 9.17) is 0 Å². The lowest BCUT2D eigenvalue weighted by atomic mass is 10.3. The quantitative estimate of drug-likeness (QED) is 0.743. The van der Waals surface area contributed by atoms with E-state index in [0.717, 1.165) is 54.1 Å². The summed E-state index contributed by atoms with van der Waals surface area (Å²) in [6.45, 7) is 3.86. The fraction of sp³-hybridized carbons (Fsp3) is 0.333. The molecule has 1 saturated heterocycles. The summed E-state index contributed by atoms with van der Waals surface area (Å²) in [7, 11) is 0. The van der Waals surface area contributed by atoms with Gasteiger partial charge in [-0.25, -0.2) is 9.97 Å². The molecule has 3 aromatic rings. The predicted molar refractivity (Wildman–Crippen MR) is 89.5 cm³/mol. The molecule has 1 amide bonds. The average molecular weight is 343 g/mol. The van der Waals surface area contributed by atoms with Gasteiger partial charge in [0.15, 0.2) is 0 Å². The van der Waals surface area contributed by atoms with E-state index in [2.05, 4.69) is 30.0 Å². The van der Waals surface area contributed by atoms with Gasteiger partial charge in [-0.05, 0) is 12.1 Å². The molecular formula is C15H17N7OS. The lowest BCUT2D eigenvalue weighted by molar-refractivity contribution is 0.0630. The van der Waals surface area contributed by atoms with Crippen LogP contribution in [0.4, 0.5) is 0 Å². The molecule has 9 heteroatoms. The topological polar surface area (TPSA) is 93.8 Å². The molecule has 8 nitrogen and oxygen atoms in total. The van der Waals surface area contributed by atoms with Crippen molar-refractivity contribution in [2.24, 2.45) is 0 Å². The van der Waals surface area contributed by atoms with Gasteiger partial charge in [-0.3, -0.25) is 14.8 Å². The second kappa shape index (κ2) is 6.54. The number of carbonyl (C=O) groups is 1. The van der Waals surface area contributed by atoms with Crippen molar-refractivity contribution in [3.8, 4) is 10.7 Å². The molecule has 1 aliphatic heterocycles. The number of imidazole rings is 1. The summed E-state index contributed by atoms with van der Waals surface area (Å²) in [6, 6.07) is 3.82. The first-order chi connectivity index (χ1) is 11.8. The molecule has 0 aromatic carbocycles. The fourth-order valence-electron chi connectivity index (χ4n) is 2.76. The van der Waals surface area contributed by atoms with E-state index in [0.29, 0.717) is 0 Å². The van der Waals surface area contributed by atoms with Crippen LogP contribution in [0.25, 0.3) is 10.7 Å². The summed E-state index contributed by atoms with van der Waals surface area (Å²) in [6.07, 6.45) is 5.01. The Bertz CT molecular complexity index is 788. The number of nitrogens with zero attached hydrogens (tertiary/aromatic N) is 5. The number of thiophene rings is 1. The Hall–Kier alpha value is -2.52. The Morgan fingerprint density at radius 1 is 1.21 bits per heavy atom. The van der Waals surface area contributed by atoms with Gasteiger partial charge in [-0.15, -0.1) is 11.3 Å². The zero-order valence-electron chi connectivity index (χ0n) is 13.0. The highest BCUT2D eigenvalue weighted by Crippen LogP contribution is 2.26. The Balaban J connectivity index is 1.36. The van der Waals surface area contributed by atoms with Gasteiger partial charge in [0, 0.05) is 38.6 Å². The zero-order valence-corrected chi connectivity index (χ0v) is 13.8. The van der Waals surface area contributed by atoms with E-state index in [-0.39, 0.29) is 5.91 Å². The Labute approximate surface area is 142 Å². The number of hydrogen-bond donors (Lipinski definition) is 2. The van der Waals surface area contributed by atoms with E-state index in [1.54, 1.807) is 12.4 Å². The van der Waals surface area contributed by atoms with Crippen LogP contribution in [0.2, 0.25) is 0 Å². The number of amides is 1. The number of hydrogen-bond acceptors (Lipinski definition) is 6. The molecule has 1 aliphatic rings. The second-order valence-electron chi connectivity index (χ2n) is 5.60. The Kier molecular flexibility index (Phi) is 4.09. The monoisotopic (exact) mass is 343 g/mol. The third-order valence-electron chi connectivity index (χ3n) is 4.05. The maximum Gasteiger partial charge on any atom is 0.264 e. The van der Waals surface area contributed by atoms with Crippen molar-refractivity contribution >= 4 is 17.2 Å². The van der Waals surface area contributed by atoms with Gasteiger partial charge >= 0.3 is 0 Å². The molecule has 3 aromatic heterocycles. The van der Waals surface area contributed by atoms with Crippen LogP contribution in [0.5, 0.6) is 0 Å². The van der Waals surface area contributed by atoms with Crippen molar-refractivity contribution in [2.75, 3.05) is 26.2 Å². The molecule has 24 heavy (non-hydrogen) atoms. The van der Waals surface area contributed by atoms with E-state index >= 15 is 0 Å². The summed E-state index contributed by atoms with van der Waals surface area (Å²) < 4.78 is 0. The third-order valence-corrected chi connectivity index (χ3v) is 5.13. The largest absolute Gasteiger partial charge is 0.344 e. The van der Waals surface area contributed by atoms with E-state index in [1.807, 2.05) is 17.0 Å². The highest BCUT2D eigenvalue weighted by atomic mass is 32.1. The van der Waals surface area contributed by atoms with E-state index < -0.39 is 0 Å². The van der Waals surface area contributed by atoms with Gasteiger partial charge in [0.25, 0.3) is 5.91 Å². The lowest BCUT2D eigenvalue weighted by Crippen LogP contribution is -2.48. The van der Waals surface area contributed by atoms with Crippen LogP contribution in [-0.2, 0) is 6.54 Å². The second-order valence-corrected chi connectivity index (χ2v) is 6.69. The molecule has 0 radical (unpaired) electrons. The normalized spacial score (nSPS) is 15.8. The molecule has 0 unspecified atom stereocenters. The van der Waals surface area contributed by atoms with Gasteiger partial charge in [0.2, 0.25) is 0 Å². The van der Waals surface area contributed by atoms with Gasteiger partial charge in [-0.1, -0.05) is 0 Å². The Morgan fingerprint density at radius 2 is 2.08 bits per heavy atom. The zero-order chi connectivity index (χ0) is 16.4. The first-order valence-corrected chi connectivity index (χ1v) is 8.57. The third kappa shape index (κ3) is 3.08. The van der Waals surface area contributed by atoms with E-state index in [1.165, 1.54) is 17.7 Å². The smallest absolute Gasteiger partial charge is 0.264 e. The molecule has 0 atom stereocenters.